The maximum atomic E-state index is 13.5. The number of aliphatic imine (C=N–C) groups is 1. The molecule has 5 heterocycles. The summed E-state index contributed by atoms with van der Waals surface area (Å²) in [5.41, 5.74) is 7.85. The van der Waals surface area contributed by atoms with Gasteiger partial charge in [-0.2, -0.15) is 5.10 Å². The number of hydrogen-bond donors (Lipinski definition) is 4. The molecule has 0 saturated carbocycles. The predicted molar refractivity (Wildman–Crippen MR) is 151 cm³/mol. The van der Waals surface area contributed by atoms with E-state index < -0.39 is 0 Å². The SMILES string of the molecule is CC(C)CC(=O)Nc1cncc(C2=CNC=c3[nH]nc(-c4cc5c([nH]4)CCN=C5c4ccc(F)cc4)c3=C2)c1. The summed E-state index contributed by atoms with van der Waals surface area (Å²) in [5, 5.41) is 15.7. The van der Waals surface area contributed by atoms with Gasteiger partial charge in [-0.1, -0.05) is 13.8 Å². The van der Waals surface area contributed by atoms with Gasteiger partial charge in [-0.05, 0) is 48.4 Å². The van der Waals surface area contributed by atoms with Crippen molar-refractivity contribution in [1.29, 1.82) is 0 Å². The third kappa shape index (κ3) is 5.03. The maximum Gasteiger partial charge on any atom is 0.224 e. The van der Waals surface area contributed by atoms with E-state index in [2.05, 4.69) is 42.9 Å². The van der Waals surface area contributed by atoms with Crippen LogP contribution in [0.15, 0.2) is 60.0 Å². The normalized spacial score (nSPS) is 14.2. The minimum absolute atomic E-state index is 0.0344. The molecule has 4 N–H and O–H groups in total. The Balaban J connectivity index is 1.35. The summed E-state index contributed by atoms with van der Waals surface area (Å²) in [4.78, 5) is 24.9. The van der Waals surface area contributed by atoms with E-state index in [0.717, 1.165) is 62.0 Å². The summed E-state index contributed by atoms with van der Waals surface area (Å²) < 4.78 is 13.5. The smallest absolute Gasteiger partial charge is 0.224 e. The van der Waals surface area contributed by atoms with Crippen LogP contribution in [0.1, 0.15) is 42.7 Å². The summed E-state index contributed by atoms with van der Waals surface area (Å²) in [5.74, 6) is -0.0337. The van der Waals surface area contributed by atoms with Gasteiger partial charge >= 0.3 is 0 Å². The van der Waals surface area contributed by atoms with Crippen LogP contribution < -0.4 is 21.2 Å². The van der Waals surface area contributed by atoms with Gasteiger partial charge in [0.2, 0.25) is 5.91 Å². The first-order valence-electron chi connectivity index (χ1n) is 13.0. The number of aromatic nitrogens is 4. The molecule has 3 aromatic heterocycles. The number of carbonyl (C=O) groups is 1. The van der Waals surface area contributed by atoms with Crippen LogP contribution >= 0.6 is 0 Å². The second-order valence-electron chi connectivity index (χ2n) is 10.1. The zero-order chi connectivity index (χ0) is 26.9. The first kappa shape index (κ1) is 24.5. The molecule has 8 nitrogen and oxygen atoms in total. The van der Waals surface area contributed by atoms with Crippen LogP contribution in [-0.4, -0.2) is 38.3 Å². The number of allylic oxidation sites excluding steroid dienone is 1. The van der Waals surface area contributed by atoms with E-state index in [-0.39, 0.29) is 17.6 Å². The molecule has 0 atom stereocenters. The molecule has 0 radical (unpaired) electrons. The molecule has 4 aromatic rings. The van der Waals surface area contributed by atoms with Gasteiger partial charge in [-0.3, -0.25) is 19.9 Å². The summed E-state index contributed by atoms with van der Waals surface area (Å²) in [6.07, 6.45) is 10.5. The predicted octanol–water partition coefficient (Wildman–Crippen LogP) is 3.48. The first-order valence-corrected chi connectivity index (χ1v) is 13.0. The minimum atomic E-state index is -0.271. The van der Waals surface area contributed by atoms with Gasteiger partial charge in [0.25, 0.3) is 0 Å². The van der Waals surface area contributed by atoms with Gasteiger partial charge in [-0.25, -0.2) is 4.39 Å². The lowest BCUT2D eigenvalue weighted by molar-refractivity contribution is -0.116. The Morgan fingerprint density at radius 2 is 1.95 bits per heavy atom. The van der Waals surface area contributed by atoms with Crippen molar-refractivity contribution in [3.63, 3.8) is 0 Å². The number of carbonyl (C=O) groups excluding carboxylic acids is 1. The van der Waals surface area contributed by atoms with E-state index in [1.54, 1.807) is 24.5 Å². The van der Waals surface area contributed by atoms with Gasteiger partial charge in [-0.15, -0.1) is 0 Å². The van der Waals surface area contributed by atoms with Gasteiger partial charge in [0.1, 0.15) is 11.5 Å². The summed E-state index contributed by atoms with van der Waals surface area (Å²) >= 11 is 0. The average molecular weight is 522 g/mol. The largest absolute Gasteiger partial charge is 0.365 e. The number of H-pyrrole nitrogens is 2. The molecule has 2 aliphatic heterocycles. The van der Waals surface area contributed by atoms with Gasteiger partial charge in [0, 0.05) is 71.2 Å². The van der Waals surface area contributed by atoms with Crippen LogP contribution in [0.3, 0.4) is 0 Å². The highest BCUT2D eigenvalue weighted by Gasteiger charge is 2.21. The Morgan fingerprint density at radius 3 is 2.77 bits per heavy atom. The molecule has 0 bridgehead atoms. The number of anilines is 1. The lowest BCUT2D eigenvalue weighted by atomic mass is 9.98. The van der Waals surface area contributed by atoms with Gasteiger partial charge < -0.3 is 15.6 Å². The summed E-state index contributed by atoms with van der Waals surface area (Å²) in [6.45, 7) is 4.68. The van der Waals surface area contributed by atoms with Gasteiger partial charge in [0.15, 0.2) is 0 Å². The molecule has 39 heavy (non-hydrogen) atoms. The van der Waals surface area contributed by atoms with E-state index in [9.17, 15) is 9.18 Å². The average Bonchev–Trinajstić information content (AvgIpc) is 3.46. The molecule has 0 spiro atoms. The van der Waals surface area contributed by atoms with Crippen molar-refractivity contribution in [2.75, 3.05) is 11.9 Å². The number of nitrogens with one attached hydrogen (secondary N) is 4. The molecule has 0 saturated heterocycles. The Bertz CT molecular complexity index is 1740. The molecule has 0 fully saturated rings. The number of hydrogen-bond acceptors (Lipinski definition) is 5. The molecular weight excluding hydrogens is 493 g/mol. The number of benzene rings is 1. The van der Waals surface area contributed by atoms with E-state index in [1.807, 2.05) is 32.3 Å². The first-order chi connectivity index (χ1) is 18.9. The zero-order valence-electron chi connectivity index (χ0n) is 21.7. The van der Waals surface area contributed by atoms with Crippen LogP contribution in [0.5, 0.6) is 0 Å². The number of rotatable bonds is 6. The third-order valence-corrected chi connectivity index (χ3v) is 6.71. The molecule has 196 valence electrons. The molecular formula is C30H28FN7O. The maximum absolute atomic E-state index is 13.5. The van der Waals surface area contributed by atoms with Gasteiger partial charge in [0.05, 0.1) is 28.6 Å². The topological polar surface area (TPSA) is 111 Å². The molecule has 0 unspecified atom stereocenters. The minimum Gasteiger partial charge on any atom is -0.365 e. The summed E-state index contributed by atoms with van der Waals surface area (Å²) in [6, 6.07) is 10.4. The second-order valence-corrected chi connectivity index (χ2v) is 10.1. The fraction of sp³-hybridized carbons (Fsp3) is 0.200. The van der Waals surface area contributed by atoms with Crippen molar-refractivity contribution in [1.82, 2.24) is 25.5 Å². The van der Waals surface area contributed by atoms with Crippen LogP contribution in [0.25, 0.3) is 29.2 Å². The van der Waals surface area contributed by atoms with Crippen LogP contribution in [0.4, 0.5) is 10.1 Å². The Hall–Kier alpha value is -4.79. The number of amides is 1. The fourth-order valence-electron chi connectivity index (χ4n) is 4.91. The zero-order valence-corrected chi connectivity index (χ0v) is 21.7. The van der Waals surface area contributed by atoms with Crippen molar-refractivity contribution in [3.05, 3.63) is 93.8 Å². The van der Waals surface area contributed by atoms with E-state index in [0.29, 0.717) is 18.7 Å². The van der Waals surface area contributed by atoms with Crippen molar-refractivity contribution >= 4 is 35.2 Å². The lowest BCUT2D eigenvalue weighted by Gasteiger charge is -2.13. The Kier molecular flexibility index (Phi) is 6.40. The quantitative estimate of drug-likeness (QED) is 0.311. The van der Waals surface area contributed by atoms with Crippen molar-refractivity contribution < 1.29 is 9.18 Å². The number of aromatic amines is 2. The number of pyridine rings is 1. The fourth-order valence-corrected chi connectivity index (χ4v) is 4.91. The van der Waals surface area contributed by atoms with Crippen molar-refractivity contribution in [2.45, 2.75) is 26.7 Å². The standard InChI is InChI=1S/C30H28FN7O/c1-17(2)9-28(39)35-22-10-19(13-32-15-22)20-11-23-27(16-33-14-20)37-38-30(23)26-12-24-25(36-26)7-8-34-29(24)18-3-5-21(31)6-4-18/h3-6,10-17,33,36-37H,7-9H2,1-2H3,(H,35,39). The Morgan fingerprint density at radius 1 is 1.10 bits per heavy atom. The van der Waals surface area contributed by atoms with Crippen LogP contribution in [-0.2, 0) is 11.2 Å². The second kappa shape index (κ2) is 10.2. The highest BCUT2D eigenvalue weighted by Crippen LogP contribution is 2.26. The molecule has 1 aromatic carbocycles. The van der Waals surface area contributed by atoms with Crippen molar-refractivity contribution in [2.24, 2.45) is 10.9 Å². The van der Waals surface area contributed by atoms with E-state index >= 15 is 0 Å². The third-order valence-electron chi connectivity index (χ3n) is 6.71. The van der Waals surface area contributed by atoms with E-state index in [1.165, 1.54) is 12.1 Å². The number of fused-ring (bicyclic) bond motifs is 2. The number of nitrogens with zero attached hydrogens (tertiary/aromatic N) is 3. The Labute approximate surface area is 224 Å². The highest BCUT2D eigenvalue weighted by atomic mass is 19.1. The van der Waals surface area contributed by atoms with E-state index in [4.69, 9.17) is 4.99 Å². The van der Waals surface area contributed by atoms with Crippen LogP contribution in [0, 0.1) is 11.7 Å². The molecule has 1 amide bonds. The lowest BCUT2D eigenvalue weighted by Crippen LogP contribution is -2.24. The molecule has 0 aliphatic carbocycles. The molecule has 2 aliphatic rings. The monoisotopic (exact) mass is 521 g/mol. The molecule has 9 heteroatoms. The highest BCUT2D eigenvalue weighted by molar-refractivity contribution is 6.14. The van der Waals surface area contributed by atoms with Crippen LogP contribution in [0.2, 0.25) is 0 Å². The summed E-state index contributed by atoms with van der Waals surface area (Å²) in [7, 11) is 0. The molecule has 6 rings (SSSR count). The number of halogens is 1. The van der Waals surface area contributed by atoms with Crippen molar-refractivity contribution in [3.8, 4) is 11.4 Å².